The zero-order valence-electron chi connectivity index (χ0n) is 12.8. The molecule has 0 unspecified atom stereocenters. The second kappa shape index (κ2) is 6.40. The normalized spacial score (nSPS) is 20.6. The number of rotatable bonds is 6. The van der Waals surface area contributed by atoms with E-state index in [1.54, 1.807) is 0 Å². The summed E-state index contributed by atoms with van der Waals surface area (Å²) in [5, 5.41) is 12.0. The molecule has 0 bridgehead atoms. The van der Waals surface area contributed by atoms with Gasteiger partial charge in [-0.05, 0) is 37.0 Å². The van der Waals surface area contributed by atoms with E-state index >= 15 is 0 Å². The number of carbonyl (C=O) groups is 3. The highest BCUT2D eigenvalue weighted by Gasteiger charge is 2.34. The summed E-state index contributed by atoms with van der Waals surface area (Å²) in [6.45, 7) is 0.220. The Kier molecular flexibility index (Phi) is 4.32. The highest BCUT2D eigenvalue weighted by Crippen LogP contribution is 2.25. The zero-order chi connectivity index (χ0) is 16.4. The minimum absolute atomic E-state index is 0.0540. The van der Waals surface area contributed by atoms with Gasteiger partial charge >= 0.3 is 5.97 Å². The SMILES string of the molecule is O=C(CCc1ccc(N2C[C@H](C(=O)O)CC2=O)cc1)NC1CC1. The van der Waals surface area contributed by atoms with Crippen LogP contribution in [0.15, 0.2) is 24.3 Å². The monoisotopic (exact) mass is 316 g/mol. The van der Waals surface area contributed by atoms with Crippen LogP contribution in [0.1, 0.15) is 31.2 Å². The number of hydrogen-bond donors (Lipinski definition) is 2. The third-order valence-electron chi connectivity index (χ3n) is 4.31. The fourth-order valence-corrected chi connectivity index (χ4v) is 2.75. The molecule has 2 amide bonds. The van der Waals surface area contributed by atoms with E-state index in [-0.39, 0.29) is 24.8 Å². The van der Waals surface area contributed by atoms with Crippen LogP contribution in [0.4, 0.5) is 5.69 Å². The molecule has 1 atom stereocenters. The molecular formula is C17H20N2O4. The first-order chi connectivity index (χ1) is 11.0. The lowest BCUT2D eigenvalue weighted by Gasteiger charge is -2.16. The number of aryl methyl sites for hydroxylation is 1. The van der Waals surface area contributed by atoms with E-state index in [1.807, 2.05) is 24.3 Å². The van der Waals surface area contributed by atoms with Gasteiger partial charge in [0.25, 0.3) is 0 Å². The molecule has 0 spiro atoms. The van der Waals surface area contributed by atoms with Crippen LogP contribution in [0, 0.1) is 5.92 Å². The number of carboxylic acids is 1. The molecule has 6 heteroatoms. The Morgan fingerprint density at radius 3 is 2.48 bits per heavy atom. The van der Waals surface area contributed by atoms with Gasteiger partial charge in [-0.2, -0.15) is 0 Å². The average Bonchev–Trinajstić information content (AvgIpc) is 3.25. The first kappa shape index (κ1) is 15.5. The Morgan fingerprint density at radius 1 is 1.22 bits per heavy atom. The number of carboxylic acid groups (broad SMARTS) is 1. The van der Waals surface area contributed by atoms with Crippen LogP contribution >= 0.6 is 0 Å². The molecular weight excluding hydrogens is 296 g/mol. The molecule has 122 valence electrons. The van der Waals surface area contributed by atoms with Crippen LogP contribution in [0.5, 0.6) is 0 Å². The van der Waals surface area contributed by atoms with Gasteiger partial charge in [0.05, 0.1) is 5.92 Å². The highest BCUT2D eigenvalue weighted by atomic mass is 16.4. The van der Waals surface area contributed by atoms with Crippen molar-refractivity contribution in [1.29, 1.82) is 0 Å². The molecule has 2 fully saturated rings. The van der Waals surface area contributed by atoms with E-state index in [1.165, 1.54) is 4.90 Å². The van der Waals surface area contributed by atoms with Gasteiger partial charge < -0.3 is 15.3 Å². The highest BCUT2D eigenvalue weighted by molar-refractivity contribution is 5.99. The van der Waals surface area contributed by atoms with Crippen molar-refractivity contribution in [1.82, 2.24) is 5.32 Å². The molecule has 1 heterocycles. The second-order valence-corrected chi connectivity index (χ2v) is 6.25. The van der Waals surface area contributed by atoms with Crippen LogP contribution in [0.25, 0.3) is 0 Å². The lowest BCUT2D eigenvalue weighted by atomic mass is 10.1. The fraction of sp³-hybridized carbons (Fsp3) is 0.471. The molecule has 1 saturated carbocycles. The summed E-state index contributed by atoms with van der Waals surface area (Å²) in [6.07, 6.45) is 3.34. The molecule has 2 aliphatic rings. The van der Waals surface area contributed by atoms with E-state index in [9.17, 15) is 14.4 Å². The molecule has 1 aromatic carbocycles. The third-order valence-corrected chi connectivity index (χ3v) is 4.31. The molecule has 3 rings (SSSR count). The number of hydrogen-bond acceptors (Lipinski definition) is 3. The maximum atomic E-state index is 11.9. The van der Waals surface area contributed by atoms with Crippen LogP contribution in [-0.2, 0) is 20.8 Å². The summed E-state index contributed by atoms with van der Waals surface area (Å²) in [7, 11) is 0. The standard InChI is InChI=1S/C17H20N2O4/c20-15(18-13-4-5-13)8-3-11-1-6-14(7-2-11)19-10-12(17(22)23)9-16(19)21/h1-2,6-7,12-13H,3-5,8-10H2,(H,18,20)(H,22,23)/t12-/m1/s1. The maximum Gasteiger partial charge on any atom is 0.308 e. The van der Waals surface area contributed by atoms with Crippen LogP contribution in [0.2, 0.25) is 0 Å². The topological polar surface area (TPSA) is 86.7 Å². The lowest BCUT2D eigenvalue weighted by Crippen LogP contribution is -2.26. The Hall–Kier alpha value is -2.37. The average molecular weight is 316 g/mol. The first-order valence-electron chi connectivity index (χ1n) is 7.94. The van der Waals surface area contributed by atoms with Crippen molar-refractivity contribution >= 4 is 23.5 Å². The van der Waals surface area contributed by atoms with Gasteiger partial charge in [0.1, 0.15) is 0 Å². The van der Waals surface area contributed by atoms with E-state index in [4.69, 9.17) is 5.11 Å². The number of anilines is 1. The van der Waals surface area contributed by atoms with Gasteiger partial charge in [0.2, 0.25) is 11.8 Å². The maximum absolute atomic E-state index is 11.9. The quantitative estimate of drug-likeness (QED) is 0.829. The zero-order valence-corrected chi connectivity index (χ0v) is 12.8. The van der Waals surface area contributed by atoms with Crippen LogP contribution < -0.4 is 10.2 Å². The minimum atomic E-state index is -0.931. The third kappa shape index (κ3) is 3.88. The van der Waals surface area contributed by atoms with Crippen molar-refractivity contribution in [3.8, 4) is 0 Å². The van der Waals surface area contributed by atoms with Gasteiger partial charge in [-0.3, -0.25) is 14.4 Å². The van der Waals surface area contributed by atoms with Gasteiger partial charge in [0.15, 0.2) is 0 Å². The Morgan fingerprint density at radius 2 is 1.91 bits per heavy atom. The largest absolute Gasteiger partial charge is 0.481 e. The van der Waals surface area contributed by atoms with Crippen molar-refractivity contribution in [2.75, 3.05) is 11.4 Å². The number of nitrogens with zero attached hydrogens (tertiary/aromatic N) is 1. The molecule has 2 N–H and O–H groups in total. The van der Waals surface area contributed by atoms with Crippen LogP contribution in [-0.4, -0.2) is 35.5 Å². The van der Waals surface area contributed by atoms with Crippen molar-refractivity contribution in [2.45, 2.75) is 38.1 Å². The number of nitrogens with one attached hydrogen (secondary N) is 1. The summed E-state index contributed by atoms with van der Waals surface area (Å²) in [6, 6.07) is 7.79. The van der Waals surface area contributed by atoms with Crippen molar-refractivity contribution < 1.29 is 19.5 Å². The fourth-order valence-electron chi connectivity index (χ4n) is 2.75. The molecule has 0 aromatic heterocycles. The Bertz CT molecular complexity index is 622. The van der Waals surface area contributed by atoms with Gasteiger partial charge in [-0.1, -0.05) is 12.1 Å². The first-order valence-corrected chi connectivity index (χ1v) is 7.94. The predicted molar refractivity (Wildman–Crippen MR) is 84.0 cm³/mol. The molecule has 1 saturated heterocycles. The molecule has 0 radical (unpaired) electrons. The summed E-state index contributed by atoms with van der Waals surface area (Å²) in [4.78, 5) is 36.1. The van der Waals surface area contributed by atoms with Gasteiger partial charge in [-0.15, -0.1) is 0 Å². The van der Waals surface area contributed by atoms with E-state index < -0.39 is 11.9 Å². The summed E-state index contributed by atoms with van der Waals surface area (Å²) < 4.78 is 0. The molecule has 23 heavy (non-hydrogen) atoms. The summed E-state index contributed by atoms with van der Waals surface area (Å²) in [5.41, 5.74) is 1.74. The number of benzene rings is 1. The van der Waals surface area contributed by atoms with Crippen molar-refractivity contribution in [3.05, 3.63) is 29.8 Å². The van der Waals surface area contributed by atoms with E-state index in [0.29, 0.717) is 24.6 Å². The van der Waals surface area contributed by atoms with Crippen molar-refractivity contribution in [3.63, 3.8) is 0 Å². The molecule has 6 nitrogen and oxygen atoms in total. The Labute approximate surface area is 134 Å². The molecule has 1 aromatic rings. The number of amides is 2. The van der Waals surface area contributed by atoms with Crippen LogP contribution in [0.3, 0.4) is 0 Å². The Balaban J connectivity index is 1.55. The summed E-state index contributed by atoms with van der Waals surface area (Å²) in [5.74, 6) is -1.64. The van der Waals surface area contributed by atoms with E-state index in [0.717, 1.165) is 18.4 Å². The predicted octanol–water partition coefficient (Wildman–Crippen LogP) is 1.34. The van der Waals surface area contributed by atoms with Gasteiger partial charge in [-0.25, -0.2) is 0 Å². The molecule has 1 aliphatic carbocycles. The molecule has 1 aliphatic heterocycles. The number of carbonyl (C=O) groups excluding carboxylic acids is 2. The smallest absolute Gasteiger partial charge is 0.308 e. The van der Waals surface area contributed by atoms with Gasteiger partial charge in [0, 0.05) is 31.1 Å². The van der Waals surface area contributed by atoms with E-state index in [2.05, 4.69) is 5.32 Å². The lowest BCUT2D eigenvalue weighted by molar-refractivity contribution is -0.141. The number of aliphatic carboxylic acids is 1. The summed E-state index contributed by atoms with van der Waals surface area (Å²) >= 11 is 0. The second-order valence-electron chi connectivity index (χ2n) is 6.25. The van der Waals surface area contributed by atoms with Crippen molar-refractivity contribution in [2.24, 2.45) is 5.92 Å². The minimum Gasteiger partial charge on any atom is -0.481 e.